The lowest BCUT2D eigenvalue weighted by atomic mass is 9.89. The number of rotatable bonds is 4. The van der Waals surface area contributed by atoms with Crippen molar-refractivity contribution in [3.8, 4) is 0 Å². The van der Waals surface area contributed by atoms with Crippen LogP contribution in [0.3, 0.4) is 0 Å². The summed E-state index contributed by atoms with van der Waals surface area (Å²) >= 11 is 12.0. The van der Waals surface area contributed by atoms with Crippen molar-refractivity contribution in [2.24, 2.45) is 10.8 Å². The molecule has 3 nitrogen and oxygen atoms in total. The Bertz CT molecular complexity index is 625. The molecule has 1 spiro atoms. The van der Waals surface area contributed by atoms with Gasteiger partial charge in [0.2, 0.25) is 0 Å². The lowest BCUT2D eigenvalue weighted by Crippen LogP contribution is -2.39. The van der Waals surface area contributed by atoms with Crippen LogP contribution >= 0.6 is 23.2 Å². The largest absolute Gasteiger partial charge is 0.349 e. The molecule has 138 valence electrons. The summed E-state index contributed by atoms with van der Waals surface area (Å²) in [6, 6.07) is 5.29. The van der Waals surface area contributed by atoms with Gasteiger partial charge in [0.05, 0.1) is 0 Å². The van der Waals surface area contributed by atoms with Gasteiger partial charge in [-0.1, -0.05) is 44.0 Å². The van der Waals surface area contributed by atoms with Gasteiger partial charge in [-0.15, -0.1) is 0 Å². The zero-order valence-electron chi connectivity index (χ0n) is 15.4. The van der Waals surface area contributed by atoms with E-state index in [1.807, 2.05) is 0 Å². The molecule has 1 saturated carbocycles. The molecule has 1 amide bonds. The molecule has 25 heavy (non-hydrogen) atoms. The Labute approximate surface area is 161 Å². The Morgan fingerprint density at radius 1 is 1.20 bits per heavy atom. The maximum atomic E-state index is 12.5. The van der Waals surface area contributed by atoms with Gasteiger partial charge in [0.15, 0.2) is 0 Å². The van der Waals surface area contributed by atoms with Crippen LogP contribution in [0.25, 0.3) is 0 Å². The van der Waals surface area contributed by atoms with Gasteiger partial charge in [-0.25, -0.2) is 0 Å². The SMILES string of the molecule is CC(C)(C)CCN1CCC2(CC1)CC2NC(=O)c1cc(Cl)cc(Cl)c1. The average molecular weight is 383 g/mol. The van der Waals surface area contributed by atoms with E-state index >= 15 is 0 Å². The van der Waals surface area contributed by atoms with Crippen LogP contribution in [-0.2, 0) is 0 Å². The number of hydrogen-bond donors (Lipinski definition) is 1. The van der Waals surface area contributed by atoms with E-state index in [2.05, 4.69) is 31.0 Å². The maximum Gasteiger partial charge on any atom is 0.251 e. The molecule has 1 saturated heterocycles. The number of hydrogen-bond acceptors (Lipinski definition) is 2. The number of nitrogens with zero attached hydrogens (tertiary/aromatic N) is 1. The molecule has 1 atom stereocenters. The number of likely N-dealkylation sites (tertiary alicyclic amines) is 1. The topological polar surface area (TPSA) is 32.3 Å². The normalized spacial score (nSPS) is 22.8. The summed E-state index contributed by atoms with van der Waals surface area (Å²) < 4.78 is 0. The molecule has 0 bridgehead atoms. The predicted molar refractivity (Wildman–Crippen MR) is 105 cm³/mol. The second-order valence-corrected chi connectivity index (χ2v) is 9.78. The maximum absolute atomic E-state index is 12.5. The number of carbonyl (C=O) groups is 1. The lowest BCUT2D eigenvalue weighted by molar-refractivity contribution is 0.0932. The second-order valence-electron chi connectivity index (χ2n) is 8.90. The third kappa shape index (κ3) is 4.90. The first kappa shape index (κ1) is 19.0. The molecule has 1 heterocycles. The summed E-state index contributed by atoms with van der Waals surface area (Å²) in [5.74, 6) is -0.0681. The number of amides is 1. The van der Waals surface area contributed by atoms with Gasteiger partial charge in [0.1, 0.15) is 0 Å². The highest BCUT2D eigenvalue weighted by Crippen LogP contribution is 2.54. The van der Waals surface area contributed by atoms with Crippen LogP contribution in [0.15, 0.2) is 18.2 Å². The fourth-order valence-electron chi connectivity index (χ4n) is 3.75. The molecule has 3 rings (SSSR count). The Hall–Kier alpha value is -0.770. The monoisotopic (exact) mass is 382 g/mol. The summed E-state index contributed by atoms with van der Waals surface area (Å²) in [6.07, 6.45) is 4.69. The van der Waals surface area contributed by atoms with Gasteiger partial charge in [-0.3, -0.25) is 4.79 Å². The molecule has 1 unspecified atom stereocenters. The third-order valence-corrected chi connectivity index (χ3v) is 6.09. The van der Waals surface area contributed by atoms with Crippen LogP contribution in [0.2, 0.25) is 10.0 Å². The summed E-state index contributed by atoms with van der Waals surface area (Å²) in [4.78, 5) is 15.0. The third-order valence-electron chi connectivity index (χ3n) is 5.65. The van der Waals surface area contributed by atoms with E-state index in [4.69, 9.17) is 23.2 Å². The van der Waals surface area contributed by atoms with E-state index in [1.54, 1.807) is 18.2 Å². The van der Waals surface area contributed by atoms with Gasteiger partial charge in [0, 0.05) is 21.7 Å². The van der Waals surface area contributed by atoms with Crippen LogP contribution in [0.4, 0.5) is 0 Å². The Balaban J connectivity index is 1.49. The highest BCUT2D eigenvalue weighted by Gasteiger charge is 2.55. The molecule has 2 fully saturated rings. The zero-order valence-corrected chi connectivity index (χ0v) is 16.9. The average Bonchev–Trinajstić information content (AvgIpc) is 3.16. The first-order valence-electron chi connectivity index (χ1n) is 9.16. The lowest BCUT2D eigenvalue weighted by Gasteiger charge is -2.34. The van der Waals surface area contributed by atoms with E-state index < -0.39 is 0 Å². The van der Waals surface area contributed by atoms with Crippen molar-refractivity contribution in [2.45, 2.75) is 52.5 Å². The Morgan fingerprint density at radius 3 is 2.36 bits per heavy atom. The first-order chi connectivity index (χ1) is 11.7. The van der Waals surface area contributed by atoms with Crippen molar-refractivity contribution in [1.29, 1.82) is 0 Å². The van der Waals surface area contributed by atoms with E-state index in [0.29, 0.717) is 32.5 Å². The van der Waals surface area contributed by atoms with Gasteiger partial charge in [-0.2, -0.15) is 0 Å². The second kappa shape index (κ2) is 7.09. The highest BCUT2D eigenvalue weighted by atomic mass is 35.5. The van der Waals surface area contributed by atoms with Gasteiger partial charge in [0.25, 0.3) is 5.91 Å². The Kier molecular flexibility index (Phi) is 5.39. The van der Waals surface area contributed by atoms with E-state index in [1.165, 1.54) is 25.8 Å². The van der Waals surface area contributed by atoms with Crippen molar-refractivity contribution in [1.82, 2.24) is 10.2 Å². The molecule has 2 aliphatic rings. The molecule has 1 aliphatic heterocycles. The van der Waals surface area contributed by atoms with Crippen molar-refractivity contribution in [3.05, 3.63) is 33.8 Å². The summed E-state index contributed by atoms with van der Waals surface area (Å²) in [7, 11) is 0. The van der Waals surface area contributed by atoms with Crippen LogP contribution in [0.5, 0.6) is 0 Å². The summed E-state index contributed by atoms with van der Waals surface area (Å²) in [5, 5.41) is 4.17. The van der Waals surface area contributed by atoms with E-state index in [9.17, 15) is 4.79 Å². The minimum Gasteiger partial charge on any atom is -0.349 e. The summed E-state index contributed by atoms with van der Waals surface area (Å²) in [6.45, 7) is 10.4. The van der Waals surface area contributed by atoms with Crippen LogP contribution < -0.4 is 5.32 Å². The fraction of sp³-hybridized carbons (Fsp3) is 0.650. The van der Waals surface area contributed by atoms with Gasteiger partial charge >= 0.3 is 0 Å². The first-order valence-corrected chi connectivity index (χ1v) is 9.92. The fourth-order valence-corrected chi connectivity index (χ4v) is 4.27. The van der Waals surface area contributed by atoms with E-state index in [-0.39, 0.29) is 5.91 Å². The molecular formula is C20H28Cl2N2O. The molecule has 1 aromatic carbocycles. The number of carbonyl (C=O) groups excluding carboxylic acids is 1. The number of benzene rings is 1. The van der Waals surface area contributed by atoms with Crippen molar-refractivity contribution >= 4 is 29.1 Å². The van der Waals surface area contributed by atoms with Gasteiger partial charge < -0.3 is 10.2 Å². The van der Waals surface area contributed by atoms with Crippen molar-refractivity contribution < 1.29 is 4.79 Å². The Morgan fingerprint density at radius 2 is 1.80 bits per heavy atom. The van der Waals surface area contributed by atoms with Crippen LogP contribution in [0, 0.1) is 10.8 Å². The van der Waals surface area contributed by atoms with Crippen molar-refractivity contribution in [3.63, 3.8) is 0 Å². The minimum absolute atomic E-state index is 0.0681. The molecule has 0 aromatic heterocycles. The van der Waals surface area contributed by atoms with Crippen molar-refractivity contribution in [2.75, 3.05) is 19.6 Å². The minimum atomic E-state index is -0.0681. The molecular weight excluding hydrogens is 355 g/mol. The molecule has 0 radical (unpaired) electrons. The quantitative estimate of drug-likeness (QED) is 0.792. The zero-order chi connectivity index (χ0) is 18.2. The van der Waals surface area contributed by atoms with E-state index in [0.717, 1.165) is 19.5 Å². The smallest absolute Gasteiger partial charge is 0.251 e. The highest BCUT2D eigenvalue weighted by molar-refractivity contribution is 6.35. The van der Waals surface area contributed by atoms with Crippen LogP contribution in [0.1, 0.15) is 56.8 Å². The molecule has 1 aliphatic carbocycles. The molecule has 5 heteroatoms. The summed E-state index contributed by atoms with van der Waals surface area (Å²) in [5.41, 5.74) is 1.25. The predicted octanol–water partition coefficient (Wildman–Crippen LogP) is 5.01. The molecule has 1 N–H and O–H groups in total. The number of nitrogens with one attached hydrogen (secondary N) is 1. The molecule has 1 aromatic rings. The standard InChI is InChI=1S/C20H28Cl2N2O/c1-19(2,3)4-7-24-8-5-20(6-9-24)13-17(20)23-18(25)14-10-15(21)12-16(22)11-14/h10-12,17H,4-9,13H2,1-3H3,(H,23,25). The number of halogens is 2. The number of piperidine rings is 1. The van der Waals surface area contributed by atoms with Crippen LogP contribution in [-0.4, -0.2) is 36.5 Å². The van der Waals surface area contributed by atoms with Gasteiger partial charge in [-0.05, 0) is 74.3 Å².